The number of aryl methyl sites for hydroxylation is 1. The average Bonchev–Trinajstić information content (AvgIpc) is 3.28. The van der Waals surface area contributed by atoms with E-state index >= 15 is 0 Å². The van der Waals surface area contributed by atoms with Crippen molar-refractivity contribution in [2.45, 2.75) is 39.0 Å². The monoisotopic (exact) mass is 284 g/mol. The Morgan fingerprint density at radius 1 is 1.29 bits per heavy atom. The van der Waals surface area contributed by atoms with Gasteiger partial charge in [0.05, 0.1) is 5.69 Å². The first-order valence-electron chi connectivity index (χ1n) is 7.31. The van der Waals surface area contributed by atoms with Crippen molar-refractivity contribution in [2.75, 3.05) is 0 Å². The summed E-state index contributed by atoms with van der Waals surface area (Å²) in [6.07, 6.45) is 2.51. The van der Waals surface area contributed by atoms with Crippen LogP contribution in [0.4, 0.5) is 0 Å². The molecule has 1 aliphatic carbocycles. The van der Waals surface area contributed by atoms with E-state index in [0.29, 0.717) is 12.6 Å². The van der Waals surface area contributed by atoms with E-state index in [2.05, 4.69) is 10.3 Å². The van der Waals surface area contributed by atoms with Gasteiger partial charge in [-0.2, -0.15) is 0 Å². The first-order chi connectivity index (χ1) is 10.2. The molecule has 1 aromatic heterocycles. The Balaban J connectivity index is 1.68. The molecule has 21 heavy (non-hydrogen) atoms. The molecule has 0 radical (unpaired) electrons. The number of phenols is 1. The van der Waals surface area contributed by atoms with E-state index < -0.39 is 0 Å². The summed E-state index contributed by atoms with van der Waals surface area (Å²) < 4.78 is 5.87. The van der Waals surface area contributed by atoms with Gasteiger partial charge in [-0.1, -0.05) is 12.1 Å². The minimum atomic E-state index is 0.258. The summed E-state index contributed by atoms with van der Waals surface area (Å²) in [5.41, 5.74) is 2.88. The van der Waals surface area contributed by atoms with E-state index in [-0.39, 0.29) is 5.75 Å². The molecule has 0 unspecified atom stereocenters. The summed E-state index contributed by atoms with van der Waals surface area (Å²) in [4.78, 5) is 4.57. The lowest BCUT2D eigenvalue weighted by Gasteiger charge is -2.12. The van der Waals surface area contributed by atoms with Crippen LogP contribution in [0, 0.1) is 6.92 Å². The minimum Gasteiger partial charge on any atom is -0.508 e. The molecule has 110 valence electrons. The van der Waals surface area contributed by atoms with Crippen molar-refractivity contribution in [1.29, 1.82) is 0 Å². The second-order valence-electron chi connectivity index (χ2n) is 5.51. The van der Waals surface area contributed by atoms with E-state index in [4.69, 9.17) is 4.74 Å². The molecule has 0 bridgehead atoms. The van der Waals surface area contributed by atoms with Gasteiger partial charge in [0.15, 0.2) is 0 Å². The van der Waals surface area contributed by atoms with Gasteiger partial charge in [0.1, 0.15) is 18.1 Å². The van der Waals surface area contributed by atoms with Crippen LogP contribution in [-0.4, -0.2) is 16.1 Å². The zero-order chi connectivity index (χ0) is 14.7. The van der Waals surface area contributed by atoms with Crippen LogP contribution in [0.15, 0.2) is 36.4 Å². The largest absolute Gasteiger partial charge is 0.508 e. The molecule has 4 heteroatoms. The summed E-state index contributed by atoms with van der Waals surface area (Å²) >= 11 is 0. The van der Waals surface area contributed by atoms with E-state index in [0.717, 1.165) is 29.2 Å². The molecule has 0 aliphatic heterocycles. The molecule has 0 amide bonds. The topological polar surface area (TPSA) is 54.4 Å². The van der Waals surface area contributed by atoms with Crippen LogP contribution in [0.3, 0.4) is 0 Å². The number of rotatable bonds is 6. The lowest BCUT2D eigenvalue weighted by atomic mass is 10.2. The Kier molecular flexibility index (Phi) is 4.06. The second kappa shape index (κ2) is 6.14. The summed E-state index contributed by atoms with van der Waals surface area (Å²) in [7, 11) is 0. The molecule has 1 aromatic carbocycles. The van der Waals surface area contributed by atoms with Crippen molar-refractivity contribution >= 4 is 0 Å². The Labute approximate surface area is 124 Å². The average molecular weight is 284 g/mol. The number of aromatic nitrogens is 1. The standard InChI is InChI=1S/C17H20N2O2/c1-12-5-8-17(16(19-12)10-18-14-6-7-14)21-11-13-3-2-4-15(20)9-13/h2-5,8-9,14,18,20H,6-7,10-11H2,1H3. The van der Waals surface area contributed by atoms with Gasteiger partial charge in [-0.25, -0.2) is 0 Å². The molecule has 1 heterocycles. The highest BCUT2D eigenvalue weighted by Gasteiger charge is 2.21. The van der Waals surface area contributed by atoms with E-state index in [9.17, 15) is 5.11 Å². The van der Waals surface area contributed by atoms with Crippen molar-refractivity contribution in [2.24, 2.45) is 0 Å². The maximum absolute atomic E-state index is 9.48. The summed E-state index contributed by atoms with van der Waals surface area (Å²) in [6.45, 7) is 3.15. The Hall–Kier alpha value is -2.07. The van der Waals surface area contributed by atoms with Gasteiger partial charge in [-0.3, -0.25) is 4.98 Å². The first-order valence-corrected chi connectivity index (χ1v) is 7.31. The molecule has 1 aliphatic rings. The van der Waals surface area contributed by atoms with Crippen LogP contribution in [0.5, 0.6) is 11.5 Å². The van der Waals surface area contributed by atoms with Gasteiger partial charge in [0.2, 0.25) is 0 Å². The number of ether oxygens (including phenoxy) is 1. The van der Waals surface area contributed by atoms with Crippen LogP contribution in [0.2, 0.25) is 0 Å². The molecule has 0 saturated heterocycles. The zero-order valence-electron chi connectivity index (χ0n) is 12.2. The number of pyridine rings is 1. The number of benzene rings is 1. The number of phenolic OH excluding ortho intramolecular Hbond substituents is 1. The molecule has 1 saturated carbocycles. The smallest absolute Gasteiger partial charge is 0.142 e. The maximum Gasteiger partial charge on any atom is 0.142 e. The molecular formula is C17H20N2O2. The van der Waals surface area contributed by atoms with Gasteiger partial charge in [-0.05, 0) is 49.6 Å². The normalized spacial score (nSPS) is 14.1. The molecule has 2 N–H and O–H groups in total. The maximum atomic E-state index is 9.48. The second-order valence-corrected chi connectivity index (χ2v) is 5.51. The van der Waals surface area contributed by atoms with E-state index in [1.807, 2.05) is 31.2 Å². The number of hydrogen-bond donors (Lipinski definition) is 2. The van der Waals surface area contributed by atoms with Crippen LogP contribution in [0.25, 0.3) is 0 Å². The van der Waals surface area contributed by atoms with Crippen molar-refractivity contribution in [3.63, 3.8) is 0 Å². The Bertz CT molecular complexity index is 624. The molecule has 0 atom stereocenters. The highest BCUT2D eigenvalue weighted by atomic mass is 16.5. The molecule has 3 rings (SSSR count). The van der Waals surface area contributed by atoms with Crippen LogP contribution >= 0.6 is 0 Å². The van der Waals surface area contributed by atoms with Crippen molar-refractivity contribution in [3.05, 3.63) is 53.3 Å². The summed E-state index contributed by atoms with van der Waals surface area (Å²) in [6, 6.07) is 11.7. The summed E-state index contributed by atoms with van der Waals surface area (Å²) in [5, 5.41) is 12.9. The molecule has 1 fully saturated rings. The van der Waals surface area contributed by atoms with E-state index in [1.165, 1.54) is 12.8 Å². The van der Waals surface area contributed by atoms with Crippen LogP contribution in [0.1, 0.15) is 29.8 Å². The Morgan fingerprint density at radius 2 is 2.14 bits per heavy atom. The number of nitrogens with one attached hydrogen (secondary N) is 1. The third-order valence-corrected chi connectivity index (χ3v) is 3.51. The predicted octanol–water partition coefficient (Wildman–Crippen LogP) is 2.93. The quantitative estimate of drug-likeness (QED) is 0.856. The zero-order valence-corrected chi connectivity index (χ0v) is 12.2. The fourth-order valence-corrected chi connectivity index (χ4v) is 2.19. The van der Waals surface area contributed by atoms with Crippen molar-refractivity contribution < 1.29 is 9.84 Å². The fourth-order valence-electron chi connectivity index (χ4n) is 2.19. The van der Waals surface area contributed by atoms with Gasteiger partial charge in [0.25, 0.3) is 0 Å². The SMILES string of the molecule is Cc1ccc(OCc2cccc(O)c2)c(CNC2CC2)n1. The van der Waals surface area contributed by atoms with E-state index in [1.54, 1.807) is 12.1 Å². The van der Waals surface area contributed by atoms with Crippen molar-refractivity contribution in [3.8, 4) is 11.5 Å². The van der Waals surface area contributed by atoms with Crippen LogP contribution in [-0.2, 0) is 13.2 Å². The number of hydrogen-bond acceptors (Lipinski definition) is 4. The third kappa shape index (κ3) is 3.95. The van der Waals surface area contributed by atoms with Gasteiger partial charge in [0, 0.05) is 18.3 Å². The van der Waals surface area contributed by atoms with Gasteiger partial charge < -0.3 is 15.2 Å². The lowest BCUT2D eigenvalue weighted by Crippen LogP contribution is -2.17. The first kappa shape index (κ1) is 13.9. The summed E-state index contributed by atoms with van der Waals surface area (Å²) in [5.74, 6) is 1.06. The molecular weight excluding hydrogens is 264 g/mol. The number of nitrogens with zero attached hydrogens (tertiary/aromatic N) is 1. The third-order valence-electron chi connectivity index (χ3n) is 3.51. The number of aromatic hydroxyl groups is 1. The van der Waals surface area contributed by atoms with Gasteiger partial charge >= 0.3 is 0 Å². The van der Waals surface area contributed by atoms with Gasteiger partial charge in [-0.15, -0.1) is 0 Å². The fraction of sp³-hybridized carbons (Fsp3) is 0.353. The molecule has 0 spiro atoms. The predicted molar refractivity (Wildman–Crippen MR) is 81.3 cm³/mol. The van der Waals surface area contributed by atoms with Crippen molar-refractivity contribution in [1.82, 2.24) is 10.3 Å². The Morgan fingerprint density at radius 3 is 2.90 bits per heavy atom. The lowest BCUT2D eigenvalue weighted by molar-refractivity contribution is 0.299. The van der Waals surface area contributed by atoms with Crippen LogP contribution < -0.4 is 10.1 Å². The highest BCUT2D eigenvalue weighted by Crippen LogP contribution is 2.23. The molecule has 2 aromatic rings. The minimum absolute atomic E-state index is 0.258. The highest BCUT2D eigenvalue weighted by molar-refractivity contribution is 5.31. The molecule has 4 nitrogen and oxygen atoms in total.